The number of anilines is 1. The fourth-order valence-corrected chi connectivity index (χ4v) is 3.05. The quantitative estimate of drug-likeness (QED) is 0.572. The van der Waals surface area contributed by atoms with Crippen molar-refractivity contribution in [3.63, 3.8) is 0 Å². The molecule has 4 N–H and O–H groups in total. The molecular formula is C19H19BrN4O. The van der Waals surface area contributed by atoms with Crippen molar-refractivity contribution in [3.8, 4) is 6.07 Å². The van der Waals surface area contributed by atoms with E-state index in [1.165, 1.54) is 7.05 Å². The zero-order valence-corrected chi connectivity index (χ0v) is 15.4. The number of nitrogens with zero attached hydrogens (tertiary/aromatic N) is 1. The third-order valence-electron chi connectivity index (χ3n) is 3.72. The van der Waals surface area contributed by atoms with E-state index in [2.05, 4.69) is 38.0 Å². The first-order valence-corrected chi connectivity index (χ1v) is 8.55. The summed E-state index contributed by atoms with van der Waals surface area (Å²) < 4.78 is 0.710. The van der Waals surface area contributed by atoms with Gasteiger partial charge in [0.25, 0.3) is 0 Å². The number of carbonyl (C=O) groups is 1. The molecule has 0 bridgehead atoms. The highest BCUT2D eigenvalue weighted by molar-refractivity contribution is 9.10. The van der Waals surface area contributed by atoms with Crippen LogP contribution in [0.2, 0.25) is 0 Å². The molecule has 3 rings (SSSR count). The Balaban J connectivity index is 0.00000109. The van der Waals surface area contributed by atoms with Crippen LogP contribution in [0.5, 0.6) is 0 Å². The number of fused-ring (bicyclic) bond motifs is 1. The van der Waals surface area contributed by atoms with Gasteiger partial charge in [0, 0.05) is 33.7 Å². The molecule has 0 spiro atoms. The maximum Gasteiger partial charge on any atom is 0.142 e. The van der Waals surface area contributed by atoms with Crippen LogP contribution in [0, 0.1) is 11.3 Å². The molecule has 3 aromatic rings. The molecule has 0 aliphatic carbocycles. The lowest BCUT2D eigenvalue weighted by Crippen LogP contribution is -2.23. The molecule has 0 saturated carbocycles. The number of hydrogen-bond acceptors (Lipinski definition) is 4. The van der Waals surface area contributed by atoms with Crippen molar-refractivity contribution in [2.75, 3.05) is 12.4 Å². The summed E-state index contributed by atoms with van der Waals surface area (Å²) in [6, 6.07) is 15.1. The highest BCUT2D eigenvalue weighted by Gasteiger charge is 2.12. The third kappa shape index (κ3) is 4.47. The highest BCUT2D eigenvalue weighted by Crippen LogP contribution is 2.23. The standard InChI is InChI=1S/C18H14BrN3O.CH5N/c19-17-8-14(6-5-12(17)9-20)22-15(11-23)7-13-10-21-18-4-2-1-3-16(13)18;1-2/h1-6,8,10-11,15,21-22H,7H2;2H2,1H3/t15-;/m1./s1. The van der Waals surface area contributed by atoms with E-state index in [9.17, 15) is 4.79 Å². The molecule has 25 heavy (non-hydrogen) atoms. The molecule has 6 heteroatoms. The lowest BCUT2D eigenvalue weighted by atomic mass is 10.1. The largest absolute Gasteiger partial charge is 0.375 e. The lowest BCUT2D eigenvalue weighted by molar-refractivity contribution is -0.108. The molecule has 0 fully saturated rings. The molecule has 0 amide bonds. The number of halogens is 1. The second kappa shape index (κ2) is 9.02. The molecule has 0 radical (unpaired) electrons. The van der Waals surface area contributed by atoms with Crippen LogP contribution in [0.1, 0.15) is 11.1 Å². The summed E-state index contributed by atoms with van der Waals surface area (Å²) in [5.41, 5.74) is 8.02. The second-order valence-electron chi connectivity index (χ2n) is 5.26. The second-order valence-corrected chi connectivity index (χ2v) is 6.11. The van der Waals surface area contributed by atoms with Gasteiger partial charge in [-0.3, -0.25) is 0 Å². The van der Waals surface area contributed by atoms with Gasteiger partial charge in [-0.05, 0) is 52.8 Å². The normalized spacial score (nSPS) is 11.1. The van der Waals surface area contributed by atoms with Gasteiger partial charge in [0.1, 0.15) is 12.4 Å². The Morgan fingerprint density at radius 2 is 2.08 bits per heavy atom. The summed E-state index contributed by atoms with van der Waals surface area (Å²) in [6.07, 6.45) is 3.44. The molecule has 0 unspecified atom stereocenters. The van der Waals surface area contributed by atoms with Crippen LogP contribution in [-0.4, -0.2) is 24.4 Å². The van der Waals surface area contributed by atoms with E-state index in [0.29, 0.717) is 16.5 Å². The first-order valence-electron chi connectivity index (χ1n) is 7.75. The van der Waals surface area contributed by atoms with Crippen LogP contribution < -0.4 is 11.1 Å². The third-order valence-corrected chi connectivity index (χ3v) is 4.38. The topological polar surface area (TPSA) is 94.7 Å². The zero-order chi connectivity index (χ0) is 18.2. The fraction of sp³-hybridized carbons (Fsp3) is 0.158. The minimum absolute atomic E-state index is 0.339. The Labute approximate surface area is 155 Å². The summed E-state index contributed by atoms with van der Waals surface area (Å²) in [4.78, 5) is 14.7. The van der Waals surface area contributed by atoms with E-state index in [4.69, 9.17) is 5.26 Å². The van der Waals surface area contributed by atoms with Gasteiger partial charge in [0.15, 0.2) is 0 Å². The summed E-state index contributed by atoms with van der Waals surface area (Å²) in [5, 5.41) is 13.3. The van der Waals surface area contributed by atoms with Gasteiger partial charge >= 0.3 is 0 Å². The van der Waals surface area contributed by atoms with E-state index in [1.807, 2.05) is 36.5 Å². The number of carbonyl (C=O) groups excluding carboxylic acids is 1. The maximum absolute atomic E-state index is 11.4. The average molecular weight is 399 g/mol. The molecule has 5 nitrogen and oxygen atoms in total. The van der Waals surface area contributed by atoms with E-state index in [0.717, 1.165) is 28.4 Å². The molecule has 0 saturated heterocycles. The average Bonchev–Trinajstić information content (AvgIpc) is 3.06. The van der Waals surface area contributed by atoms with Crippen molar-refractivity contribution in [2.24, 2.45) is 5.73 Å². The van der Waals surface area contributed by atoms with Crippen LogP contribution >= 0.6 is 15.9 Å². The summed E-state index contributed by atoms with van der Waals surface area (Å²) >= 11 is 3.36. The Hall–Kier alpha value is -2.62. The van der Waals surface area contributed by atoms with E-state index in [-0.39, 0.29) is 6.04 Å². The Kier molecular flexibility index (Phi) is 6.75. The number of para-hydroxylation sites is 1. The molecule has 0 aliphatic heterocycles. The van der Waals surface area contributed by atoms with Crippen LogP contribution in [0.4, 0.5) is 5.69 Å². The van der Waals surface area contributed by atoms with Crippen LogP contribution in [-0.2, 0) is 11.2 Å². The number of hydrogen-bond donors (Lipinski definition) is 3. The predicted molar refractivity (Wildman–Crippen MR) is 104 cm³/mol. The van der Waals surface area contributed by atoms with Gasteiger partial charge in [-0.1, -0.05) is 18.2 Å². The van der Waals surface area contributed by atoms with Crippen molar-refractivity contribution >= 4 is 38.8 Å². The lowest BCUT2D eigenvalue weighted by Gasteiger charge is -2.14. The van der Waals surface area contributed by atoms with Gasteiger partial charge in [0.2, 0.25) is 0 Å². The smallest absolute Gasteiger partial charge is 0.142 e. The Morgan fingerprint density at radius 1 is 1.32 bits per heavy atom. The van der Waals surface area contributed by atoms with Crippen molar-refractivity contribution in [1.82, 2.24) is 4.98 Å². The number of aromatic amines is 1. The highest BCUT2D eigenvalue weighted by atomic mass is 79.9. The number of aromatic nitrogens is 1. The molecule has 0 aliphatic rings. The molecule has 1 heterocycles. The Morgan fingerprint density at radius 3 is 2.76 bits per heavy atom. The number of benzene rings is 2. The summed E-state index contributed by atoms with van der Waals surface area (Å²) in [6.45, 7) is 0. The first kappa shape index (κ1) is 18.7. The number of aldehydes is 1. The Bertz CT molecular complexity index is 898. The van der Waals surface area contributed by atoms with Gasteiger partial charge < -0.3 is 20.8 Å². The molecular weight excluding hydrogens is 380 g/mol. The number of nitrogens with two attached hydrogens (primary N) is 1. The van der Waals surface area contributed by atoms with E-state index < -0.39 is 0 Å². The van der Waals surface area contributed by atoms with Gasteiger partial charge in [0.05, 0.1) is 11.6 Å². The SMILES string of the molecule is CN.N#Cc1ccc(N[C@@H](C=O)Cc2c[nH]c3ccccc23)cc1Br. The first-order chi connectivity index (χ1) is 12.2. The zero-order valence-electron chi connectivity index (χ0n) is 13.8. The predicted octanol–water partition coefficient (Wildman–Crippen LogP) is 3.60. The van der Waals surface area contributed by atoms with Crippen molar-refractivity contribution in [3.05, 3.63) is 64.3 Å². The minimum Gasteiger partial charge on any atom is -0.375 e. The van der Waals surface area contributed by atoms with E-state index in [1.54, 1.807) is 12.1 Å². The monoisotopic (exact) mass is 398 g/mol. The number of nitrogens with one attached hydrogen (secondary N) is 2. The van der Waals surface area contributed by atoms with Crippen molar-refractivity contribution in [1.29, 1.82) is 5.26 Å². The van der Waals surface area contributed by atoms with Gasteiger partial charge in [-0.15, -0.1) is 0 Å². The van der Waals surface area contributed by atoms with Crippen molar-refractivity contribution < 1.29 is 4.79 Å². The molecule has 128 valence electrons. The summed E-state index contributed by atoms with van der Waals surface area (Å²) in [7, 11) is 1.50. The van der Waals surface area contributed by atoms with Crippen molar-refractivity contribution in [2.45, 2.75) is 12.5 Å². The number of rotatable bonds is 5. The van der Waals surface area contributed by atoms with E-state index >= 15 is 0 Å². The van der Waals surface area contributed by atoms with Crippen LogP contribution in [0.25, 0.3) is 10.9 Å². The minimum atomic E-state index is -0.339. The maximum atomic E-state index is 11.4. The van der Waals surface area contributed by atoms with Gasteiger partial charge in [-0.2, -0.15) is 5.26 Å². The number of nitriles is 1. The summed E-state index contributed by atoms with van der Waals surface area (Å²) in [5.74, 6) is 0. The molecule has 1 aromatic heterocycles. The van der Waals surface area contributed by atoms with Crippen LogP contribution in [0.3, 0.4) is 0 Å². The molecule has 2 aromatic carbocycles. The molecule has 1 atom stereocenters. The van der Waals surface area contributed by atoms with Crippen LogP contribution in [0.15, 0.2) is 53.1 Å². The van der Waals surface area contributed by atoms with Gasteiger partial charge in [-0.25, -0.2) is 0 Å². The fourth-order valence-electron chi connectivity index (χ4n) is 2.58. The number of H-pyrrole nitrogens is 1.